The van der Waals surface area contributed by atoms with Crippen molar-refractivity contribution in [1.29, 1.82) is 0 Å². The lowest BCUT2D eigenvalue weighted by Crippen LogP contribution is -2.55. The summed E-state index contributed by atoms with van der Waals surface area (Å²) < 4.78 is 18.4. The van der Waals surface area contributed by atoms with Gasteiger partial charge in [-0.25, -0.2) is 9.18 Å². The van der Waals surface area contributed by atoms with Crippen LogP contribution in [0.25, 0.3) is 0 Å². The number of carbonyl (C=O) groups is 2. The maximum absolute atomic E-state index is 13.3. The lowest BCUT2D eigenvalue weighted by Gasteiger charge is -2.42. The molecular weight excluding hydrogens is 522 g/mol. The van der Waals surface area contributed by atoms with Gasteiger partial charge >= 0.3 is 5.97 Å². The molecule has 2 aromatic rings. The Morgan fingerprint density at radius 1 is 0.921 bits per heavy atom. The van der Waals surface area contributed by atoms with Gasteiger partial charge in [0.25, 0.3) is 0 Å². The molecule has 0 aromatic heterocycles. The molecule has 10 radical (unpaired) electrons. The monoisotopic (exact) mass is 547 g/mol. The van der Waals surface area contributed by atoms with Gasteiger partial charge in [-0.2, -0.15) is 0 Å². The van der Waals surface area contributed by atoms with Crippen LogP contribution in [0.15, 0.2) is 48.5 Å². The van der Waals surface area contributed by atoms with Crippen molar-refractivity contribution in [2.75, 3.05) is 29.7 Å². The molecule has 0 bridgehead atoms. The number of hydrogen-bond acceptors (Lipinski definition) is 5. The highest BCUT2D eigenvalue weighted by atomic mass is 35.5. The SMILES string of the molecule is [B]C([B])([B])C([B])([B])OC(=O)C(Cc1ccc(F)cc1)NC(=O)C(N)Cc1ccc(N(CCCl)CCCl)cc1. The summed E-state index contributed by atoms with van der Waals surface area (Å²) in [7, 11) is 27.8. The quantitative estimate of drug-likeness (QED) is 0.208. The van der Waals surface area contributed by atoms with E-state index in [0.717, 1.165) is 11.3 Å². The molecule has 2 unspecified atom stereocenters. The number of carbonyl (C=O) groups excluding carboxylic acids is 2. The van der Waals surface area contributed by atoms with Crippen molar-refractivity contribution in [3.05, 3.63) is 65.5 Å². The van der Waals surface area contributed by atoms with E-state index in [4.69, 9.17) is 72.9 Å². The van der Waals surface area contributed by atoms with E-state index in [9.17, 15) is 14.0 Å². The minimum absolute atomic E-state index is 0.0912. The van der Waals surface area contributed by atoms with E-state index in [2.05, 4.69) is 5.32 Å². The molecule has 14 heteroatoms. The topological polar surface area (TPSA) is 84.7 Å². The van der Waals surface area contributed by atoms with Crippen LogP contribution in [-0.4, -0.2) is 93.4 Å². The first-order chi connectivity index (χ1) is 17.8. The molecular formula is C24H25B5Cl2FN3O3. The van der Waals surface area contributed by atoms with Gasteiger partial charge in [0, 0.05) is 42.4 Å². The maximum atomic E-state index is 13.3. The minimum atomic E-state index is -2.46. The van der Waals surface area contributed by atoms with Gasteiger partial charge in [-0.1, -0.05) is 24.3 Å². The Balaban J connectivity index is 2.14. The zero-order chi connectivity index (χ0) is 28.5. The summed E-state index contributed by atoms with van der Waals surface area (Å²) >= 11 is 11.7. The van der Waals surface area contributed by atoms with E-state index >= 15 is 0 Å². The fourth-order valence-electron chi connectivity index (χ4n) is 3.42. The Bertz CT molecular complexity index is 1050. The molecule has 0 aliphatic heterocycles. The summed E-state index contributed by atoms with van der Waals surface area (Å²) in [6.07, 6.45) is 0.0801. The number of amides is 1. The van der Waals surface area contributed by atoms with Crippen molar-refractivity contribution in [1.82, 2.24) is 5.32 Å². The van der Waals surface area contributed by atoms with Crippen molar-refractivity contribution in [2.45, 2.75) is 35.4 Å². The van der Waals surface area contributed by atoms with Gasteiger partial charge in [-0.15, -0.1) is 28.3 Å². The first-order valence-corrected chi connectivity index (χ1v) is 12.8. The van der Waals surface area contributed by atoms with Crippen LogP contribution in [0.4, 0.5) is 10.1 Å². The van der Waals surface area contributed by atoms with E-state index in [1.807, 2.05) is 29.2 Å². The number of ether oxygens (including phenoxy) is 1. The van der Waals surface area contributed by atoms with E-state index in [1.54, 1.807) is 0 Å². The van der Waals surface area contributed by atoms with E-state index in [1.165, 1.54) is 24.3 Å². The average Bonchev–Trinajstić information content (AvgIpc) is 2.84. The van der Waals surface area contributed by atoms with Crippen molar-refractivity contribution in [3.63, 3.8) is 0 Å². The first kappa shape index (κ1) is 32.2. The number of benzene rings is 2. The van der Waals surface area contributed by atoms with Crippen LogP contribution >= 0.6 is 23.2 Å². The molecule has 0 aliphatic rings. The third kappa shape index (κ3) is 9.62. The van der Waals surface area contributed by atoms with Gasteiger partial charge in [-0.3, -0.25) is 4.79 Å². The number of anilines is 1. The highest BCUT2D eigenvalue weighted by molar-refractivity contribution is 6.67. The Kier molecular flexibility index (Phi) is 12.2. The number of nitrogens with zero attached hydrogens (tertiary/aromatic N) is 1. The number of alkyl halides is 2. The number of nitrogens with two attached hydrogens (primary N) is 1. The summed E-state index contributed by atoms with van der Waals surface area (Å²) in [5, 5.41) is -2.20. The fourth-order valence-corrected chi connectivity index (χ4v) is 3.83. The van der Waals surface area contributed by atoms with Gasteiger partial charge in [0.05, 0.1) is 29.6 Å². The molecule has 3 N–H and O–H groups in total. The normalized spacial score (nSPS) is 13.4. The second-order valence-electron chi connectivity index (χ2n) is 8.88. The number of hydrogen-bond donors (Lipinski definition) is 2. The molecule has 190 valence electrons. The molecule has 6 nitrogen and oxygen atoms in total. The predicted octanol–water partition coefficient (Wildman–Crippen LogP) is 0.820. The molecule has 1 amide bonds. The van der Waals surface area contributed by atoms with E-state index in [-0.39, 0.29) is 12.8 Å². The van der Waals surface area contributed by atoms with Gasteiger partial charge in [0.2, 0.25) is 5.91 Å². The van der Waals surface area contributed by atoms with Gasteiger partial charge in [-0.05, 0) is 41.8 Å². The Labute approximate surface area is 239 Å². The third-order valence-corrected chi connectivity index (χ3v) is 6.04. The van der Waals surface area contributed by atoms with Crippen LogP contribution in [-0.2, 0) is 27.2 Å². The summed E-state index contributed by atoms with van der Waals surface area (Å²) in [6.45, 7) is 1.27. The summed E-state index contributed by atoms with van der Waals surface area (Å²) in [5.41, 5.74) is 8.36. The summed E-state index contributed by atoms with van der Waals surface area (Å²) in [4.78, 5) is 27.9. The molecule has 0 fully saturated rings. The molecule has 2 rings (SSSR count). The number of rotatable bonds is 14. The van der Waals surface area contributed by atoms with Crippen LogP contribution in [0.3, 0.4) is 0 Å². The van der Waals surface area contributed by atoms with Gasteiger partial charge in [0.15, 0.2) is 0 Å². The van der Waals surface area contributed by atoms with Gasteiger partial charge in [0.1, 0.15) is 27.6 Å². The first-order valence-electron chi connectivity index (χ1n) is 11.7. The molecule has 0 saturated heterocycles. The molecule has 0 spiro atoms. The van der Waals surface area contributed by atoms with Crippen LogP contribution in [0.1, 0.15) is 11.1 Å². The molecule has 0 aliphatic carbocycles. The van der Waals surface area contributed by atoms with Crippen LogP contribution in [0.5, 0.6) is 0 Å². The lowest BCUT2D eigenvalue weighted by molar-refractivity contribution is -0.151. The second-order valence-corrected chi connectivity index (χ2v) is 9.64. The predicted molar refractivity (Wildman–Crippen MR) is 154 cm³/mol. The Morgan fingerprint density at radius 2 is 1.42 bits per heavy atom. The van der Waals surface area contributed by atoms with Crippen LogP contribution in [0.2, 0.25) is 5.11 Å². The zero-order valence-electron chi connectivity index (χ0n) is 20.8. The highest BCUT2D eigenvalue weighted by Gasteiger charge is 2.36. The number of halogens is 3. The van der Waals surface area contributed by atoms with Crippen LogP contribution < -0.4 is 16.0 Å². The molecule has 0 saturated carbocycles. The molecule has 2 atom stereocenters. The fraction of sp³-hybridized carbons (Fsp3) is 0.417. The van der Waals surface area contributed by atoms with Gasteiger partial charge < -0.3 is 20.7 Å². The van der Waals surface area contributed by atoms with Crippen molar-refractivity contribution in [3.8, 4) is 0 Å². The number of nitrogens with one attached hydrogen (secondary N) is 1. The third-order valence-electron chi connectivity index (χ3n) is 5.70. The maximum Gasteiger partial charge on any atom is 0.327 e. The smallest absolute Gasteiger partial charge is 0.327 e. The minimum Gasteiger partial charge on any atom is -0.480 e. The van der Waals surface area contributed by atoms with Crippen LogP contribution in [0, 0.1) is 5.82 Å². The Morgan fingerprint density at radius 3 is 1.92 bits per heavy atom. The Hall–Kier alpha value is -2.03. The summed E-state index contributed by atoms with van der Waals surface area (Å²) in [5.74, 6) is -1.29. The summed E-state index contributed by atoms with van der Waals surface area (Å²) in [6, 6.07) is 10.4. The van der Waals surface area contributed by atoms with Crippen molar-refractivity contribution >= 4 is 80.0 Å². The second kappa shape index (κ2) is 14.4. The lowest BCUT2D eigenvalue weighted by atomic mass is 9.28. The number of esters is 1. The molecule has 38 heavy (non-hydrogen) atoms. The standard InChI is InChI=1S/C24H25B5Cl2FN3O3/c25-23(26,27)24(28,29)38-22(37)20(14-16-1-5-17(32)6-2-16)34-21(36)19(33)13-15-3-7-18(8-4-15)35(11-9-30)12-10-31/h1-8,19-20H,9-14,33H2,(H,34,36). The largest absolute Gasteiger partial charge is 0.480 e. The van der Waals surface area contributed by atoms with Crippen molar-refractivity contribution in [2.24, 2.45) is 5.73 Å². The highest BCUT2D eigenvalue weighted by Crippen LogP contribution is 2.26. The molecule has 2 aromatic carbocycles. The van der Waals surface area contributed by atoms with E-state index < -0.39 is 40.3 Å². The zero-order valence-corrected chi connectivity index (χ0v) is 22.3. The van der Waals surface area contributed by atoms with Crippen molar-refractivity contribution < 1.29 is 18.7 Å². The molecule has 0 heterocycles. The average molecular weight is 547 g/mol. The van der Waals surface area contributed by atoms with E-state index in [0.29, 0.717) is 30.4 Å².